The van der Waals surface area contributed by atoms with Crippen molar-refractivity contribution in [2.24, 2.45) is 0 Å². The second-order valence-electron chi connectivity index (χ2n) is 6.04. The zero-order valence-corrected chi connectivity index (χ0v) is 18.0. The van der Waals surface area contributed by atoms with Gasteiger partial charge in [-0.05, 0) is 38.5 Å². The van der Waals surface area contributed by atoms with E-state index in [2.05, 4.69) is 4.72 Å². The Bertz CT molecular complexity index is 917. The van der Waals surface area contributed by atoms with Gasteiger partial charge < -0.3 is 9.05 Å². The Morgan fingerprint density at radius 1 is 1.00 bits per heavy atom. The van der Waals surface area contributed by atoms with Crippen molar-refractivity contribution in [1.82, 2.24) is 4.72 Å². The van der Waals surface area contributed by atoms with Crippen LogP contribution in [0.5, 0.6) is 0 Å². The molecule has 2 aromatic carbocycles. The maximum atomic E-state index is 12.8. The Morgan fingerprint density at radius 2 is 1.57 bits per heavy atom. The molecule has 0 saturated heterocycles. The number of hydrogen-bond acceptors (Lipinski definition) is 5. The predicted molar refractivity (Wildman–Crippen MR) is 111 cm³/mol. The van der Waals surface area contributed by atoms with Gasteiger partial charge in [0.1, 0.15) is 0 Å². The van der Waals surface area contributed by atoms with E-state index in [4.69, 9.17) is 9.05 Å². The fourth-order valence-electron chi connectivity index (χ4n) is 2.51. The second-order valence-corrected chi connectivity index (χ2v) is 9.65. The smallest absolute Gasteiger partial charge is 0.306 e. The first-order chi connectivity index (χ1) is 13.3. The molecular formula is C20H26NO5PS. The van der Waals surface area contributed by atoms with Gasteiger partial charge in [-0.1, -0.05) is 54.1 Å². The molecule has 28 heavy (non-hydrogen) atoms. The molecule has 2 rings (SSSR count). The fraction of sp³-hybridized carbons (Fsp3) is 0.300. The van der Waals surface area contributed by atoms with Crippen molar-refractivity contribution in [2.75, 3.05) is 13.2 Å². The standard InChI is InChI=1S/C20H26NO5PS/c1-4-25-27(22,26-5-2)16-15-20(18-9-7-6-8-10-18)21-28(23,24)19-13-11-17(3)12-14-19/h6-16,20-21H,4-5H2,1-3H3/b16-15+/t20-/m1/s1. The first kappa shape index (κ1) is 22.5. The van der Waals surface area contributed by atoms with Crippen LogP contribution in [-0.2, 0) is 23.6 Å². The first-order valence-corrected chi connectivity index (χ1v) is 12.1. The third-order valence-electron chi connectivity index (χ3n) is 3.85. The van der Waals surface area contributed by atoms with Crippen LogP contribution in [0.3, 0.4) is 0 Å². The van der Waals surface area contributed by atoms with Crippen LogP contribution in [-0.4, -0.2) is 21.6 Å². The summed E-state index contributed by atoms with van der Waals surface area (Å²) in [6.07, 6.45) is 1.51. The van der Waals surface area contributed by atoms with Crippen LogP contribution < -0.4 is 4.72 Å². The van der Waals surface area contributed by atoms with Crippen LogP contribution >= 0.6 is 7.60 Å². The Balaban J connectivity index is 2.36. The molecule has 0 radical (unpaired) electrons. The average molecular weight is 423 g/mol. The van der Waals surface area contributed by atoms with Crippen molar-refractivity contribution >= 4 is 17.6 Å². The van der Waals surface area contributed by atoms with Crippen LogP contribution in [0, 0.1) is 6.92 Å². The summed E-state index contributed by atoms with van der Waals surface area (Å²) in [5, 5.41) is 0. The number of rotatable bonds is 10. The molecule has 0 bridgehead atoms. The molecule has 152 valence electrons. The van der Waals surface area contributed by atoms with Crippen molar-refractivity contribution in [1.29, 1.82) is 0 Å². The van der Waals surface area contributed by atoms with E-state index in [1.807, 2.05) is 13.0 Å². The van der Waals surface area contributed by atoms with Gasteiger partial charge in [0.15, 0.2) is 0 Å². The average Bonchev–Trinajstić information content (AvgIpc) is 2.66. The normalized spacial score (nSPS) is 13.7. The van der Waals surface area contributed by atoms with E-state index in [9.17, 15) is 13.0 Å². The molecule has 8 heteroatoms. The highest BCUT2D eigenvalue weighted by Gasteiger charge is 2.23. The van der Waals surface area contributed by atoms with Crippen LogP contribution in [0.4, 0.5) is 0 Å². The molecular weight excluding hydrogens is 397 g/mol. The van der Waals surface area contributed by atoms with Gasteiger partial charge in [-0.25, -0.2) is 8.42 Å². The molecule has 0 amide bonds. The number of sulfonamides is 1. The zero-order chi connectivity index (χ0) is 20.6. The van der Waals surface area contributed by atoms with Gasteiger partial charge in [-0.3, -0.25) is 4.57 Å². The topological polar surface area (TPSA) is 81.7 Å². The minimum absolute atomic E-state index is 0.158. The summed E-state index contributed by atoms with van der Waals surface area (Å²) in [7, 11) is -7.24. The summed E-state index contributed by atoms with van der Waals surface area (Å²) < 4.78 is 51.5. The minimum atomic E-state index is -3.79. The third-order valence-corrected chi connectivity index (χ3v) is 7.08. The van der Waals surface area contributed by atoms with Crippen molar-refractivity contribution in [3.8, 4) is 0 Å². The van der Waals surface area contributed by atoms with E-state index in [0.29, 0.717) is 5.56 Å². The second kappa shape index (κ2) is 10.1. The maximum Gasteiger partial charge on any atom is 0.353 e. The van der Waals surface area contributed by atoms with Gasteiger partial charge in [0, 0.05) is 5.82 Å². The van der Waals surface area contributed by atoms with Gasteiger partial charge in [0.25, 0.3) is 0 Å². The minimum Gasteiger partial charge on any atom is -0.306 e. The van der Waals surface area contributed by atoms with Crippen molar-refractivity contribution in [2.45, 2.75) is 31.7 Å². The van der Waals surface area contributed by atoms with E-state index in [0.717, 1.165) is 5.56 Å². The van der Waals surface area contributed by atoms with Crippen LogP contribution in [0.2, 0.25) is 0 Å². The number of aryl methyl sites for hydroxylation is 1. The van der Waals surface area contributed by atoms with Crippen molar-refractivity contribution in [3.63, 3.8) is 0 Å². The lowest BCUT2D eigenvalue weighted by Gasteiger charge is -2.18. The molecule has 0 spiro atoms. The van der Waals surface area contributed by atoms with E-state index in [-0.39, 0.29) is 18.1 Å². The summed E-state index contributed by atoms with van der Waals surface area (Å²) >= 11 is 0. The van der Waals surface area contributed by atoms with E-state index < -0.39 is 23.7 Å². The highest BCUT2D eigenvalue weighted by molar-refractivity contribution is 7.89. The van der Waals surface area contributed by atoms with Gasteiger partial charge in [-0.15, -0.1) is 0 Å². The lowest BCUT2D eigenvalue weighted by molar-refractivity contribution is 0.228. The Hall–Kier alpha value is -1.76. The molecule has 0 aliphatic rings. The summed E-state index contributed by atoms with van der Waals surface area (Å²) in [6.45, 7) is 5.75. The number of benzene rings is 2. The van der Waals surface area contributed by atoms with Crippen molar-refractivity contribution in [3.05, 3.63) is 77.6 Å². The Morgan fingerprint density at radius 3 is 2.11 bits per heavy atom. The summed E-state index contributed by atoms with van der Waals surface area (Å²) in [5.41, 5.74) is 1.67. The van der Waals surface area contributed by atoms with E-state index >= 15 is 0 Å². The molecule has 0 unspecified atom stereocenters. The molecule has 0 fully saturated rings. The Kier molecular flexibility index (Phi) is 8.16. The molecule has 0 aromatic heterocycles. The molecule has 1 atom stereocenters. The van der Waals surface area contributed by atoms with E-state index in [1.54, 1.807) is 62.4 Å². The van der Waals surface area contributed by atoms with Crippen LogP contribution in [0.25, 0.3) is 0 Å². The summed E-state index contributed by atoms with van der Waals surface area (Å²) in [4.78, 5) is 0.158. The molecule has 2 aromatic rings. The largest absolute Gasteiger partial charge is 0.353 e. The highest BCUT2D eigenvalue weighted by Crippen LogP contribution is 2.50. The highest BCUT2D eigenvalue weighted by atomic mass is 32.2. The quantitative estimate of drug-likeness (QED) is 0.556. The molecule has 0 heterocycles. The lowest BCUT2D eigenvalue weighted by Crippen LogP contribution is -2.27. The van der Waals surface area contributed by atoms with Gasteiger partial charge >= 0.3 is 7.60 Å². The summed E-state index contributed by atoms with van der Waals surface area (Å²) in [6, 6.07) is 14.9. The number of hydrogen-bond donors (Lipinski definition) is 1. The van der Waals surface area contributed by atoms with E-state index in [1.165, 1.54) is 11.9 Å². The van der Waals surface area contributed by atoms with Crippen LogP contribution in [0.15, 0.2) is 71.4 Å². The lowest BCUT2D eigenvalue weighted by atomic mass is 10.1. The van der Waals surface area contributed by atoms with Crippen LogP contribution in [0.1, 0.15) is 31.0 Å². The van der Waals surface area contributed by atoms with Gasteiger partial charge in [-0.2, -0.15) is 4.72 Å². The SMILES string of the molecule is CCOP(=O)(/C=C/[C@@H](NS(=O)(=O)c1ccc(C)cc1)c1ccccc1)OCC. The Labute approximate surface area is 167 Å². The van der Waals surface area contributed by atoms with Gasteiger partial charge in [0.2, 0.25) is 10.0 Å². The van der Waals surface area contributed by atoms with Crippen molar-refractivity contribution < 1.29 is 22.0 Å². The molecule has 0 aliphatic carbocycles. The molecule has 1 N–H and O–H groups in total. The zero-order valence-electron chi connectivity index (χ0n) is 16.2. The molecule has 6 nitrogen and oxygen atoms in total. The monoisotopic (exact) mass is 423 g/mol. The molecule has 0 aliphatic heterocycles. The fourth-order valence-corrected chi connectivity index (χ4v) is 5.03. The predicted octanol–water partition coefficient (Wildman–Crippen LogP) is 4.79. The third kappa shape index (κ3) is 6.40. The first-order valence-electron chi connectivity index (χ1n) is 9.02. The summed E-state index contributed by atoms with van der Waals surface area (Å²) in [5.74, 6) is 1.31. The van der Waals surface area contributed by atoms with Gasteiger partial charge in [0.05, 0.1) is 24.2 Å². The molecule has 0 saturated carbocycles. The number of nitrogens with one attached hydrogen (secondary N) is 1. The maximum absolute atomic E-state index is 12.8.